The molecule has 1 fully saturated rings. The lowest BCUT2D eigenvalue weighted by atomic mass is 9.99. The van der Waals surface area contributed by atoms with E-state index in [9.17, 15) is 13.2 Å². The maximum atomic E-state index is 12.2. The molecule has 1 aromatic rings. The maximum Gasteiger partial charge on any atom is 0.229 e. The van der Waals surface area contributed by atoms with Crippen LogP contribution < -0.4 is 5.32 Å². The topological polar surface area (TPSA) is 90.3 Å². The fraction of sp³-hybridized carbons (Fsp3) is 0.500. The molecule has 0 radical (unpaired) electrons. The Bertz CT molecular complexity index is 645. The summed E-state index contributed by atoms with van der Waals surface area (Å²) in [5.74, 6) is -0.593. The largest absolute Gasteiger partial charge is 0.316 e. The van der Waals surface area contributed by atoms with Crippen molar-refractivity contribution < 1.29 is 13.2 Å². The Morgan fingerprint density at radius 3 is 3.00 bits per heavy atom. The van der Waals surface area contributed by atoms with Crippen molar-refractivity contribution in [2.75, 3.05) is 24.7 Å². The first-order valence-electron chi connectivity index (χ1n) is 6.15. The van der Waals surface area contributed by atoms with E-state index >= 15 is 0 Å². The molecule has 0 unspecified atom stereocenters. The number of carbonyl (C=O) groups is 1. The van der Waals surface area contributed by atoms with Crippen molar-refractivity contribution in [3.63, 3.8) is 0 Å². The summed E-state index contributed by atoms with van der Waals surface area (Å²) in [6.45, 7) is 0.670. The molecule has 20 heavy (non-hydrogen) atoms. The van der Waals surface area contributed by atoms with E-state index in [0.29, 0.717) is 30.0 Å². The highest BCUT2D eigenvalue weighted by molar-refractivity contribution is 7.88. The van der Waals surface area contributed by atoms with Gasteiger partial charge in [0, 0.05) is 13.1 Å². The molecule has 0 spiro atoms. The number of rotatable bonds is 3. The van der Waals surface area contributed by atoms with Crippen LogP contribution in [0.25, 0.3) is 0 Å². The van der Waals surface area contributed by atoms with E-state index in [-0.39, 0.29) is 18.4 Å². The molecule has 1 saturated heterocycles. The lowest BCUT2D eigenvalue weighted by Gasteiger charge is -2.29. The SMILES string of the molecule is CS(=O)(=O)N1CCC[C@@H](C(=O)Nc2sccc2C#N)C1. The van der Waals surface area contributed by atoms with Crippen molar-refractivity contribution in [2.45, 2.75) is 12.8 Å². The monoisotopic (exact) mass is 313 g/mol. The molecular weight excluding hydrogens is 298 g/mol. The van der Waals surface area contributed by atoms with E-state index in [4.69, 9.17) is 5.26 Å². The lowest BCUT2D eigenvalue weighted by Crippen LogP contribution is -2.43. The molecule has 1 atom stereocenters. The van der Waals surface area contributed by atoms with Gasteiger partial charge in [-0.2, -0.15) is 5.26 Å². The molecule has 1 aromatic heterocycles. The fourth-order valence-electron chi connectivity index (χ4n) is 2.17. The number of hydrogen-bond acceptors (Lipinski definition) is 5. The van der Waals surface area contributed by atoms with Crippen LogP contribution in [-0.4, -0.2) is 38.0 Å². The second kappa shape index (κ2) is 5.91. The highest BCUT2D eigenvalue weighted by atomic mass is 32.2. The molecule has 1 N–H and O–H groups in total. The number of piperidine rings is 1. The van der Waals surface area contributed by atoms with Crippen molar-refractivity contribution in [1.82, 2.24) is 4.31 Å². The summed E-state index contributed by atoms with van der Waals surface area (Å²) >= 11 is 1.29. The van der Waals surface area contributed by atoms with Gasteiger partial charge in [0.25, 0.3) is 0 Å². The molecule has 8 heteroatoms. The lowest BCUT2D eigenvalue weighted by molar-refractivity contribution is -0.120. The molecule has 108 valence electrons. The Hall–Kier alpha value is -1.43. The highest BCUT2D eigenvalue weighted by Crippen LogP contribution is 2.25. The molecule has 2 heterocycles. The number of nitrogens with one attached hydrogen (secondary N) is 1. The first kappa shape index (κ1) is 15.0. The van der Waals surface area contributed by atoms with Gasteiger partial charge in [-0.1, -0.05) is 0 Å². The van der Waals surface area contributed by atoms with Crippen LogP contribution in [-0.2, 0) is 14.8 Å². The van der Waals surface area contributed by atoms with Crippen molar-refractivity contribution in [3.8, 4) is 6.07 Å². The highest BCUT2D eigenvalue weighted by Gasteiger charge is 2.30. The van der Waals surface area contributed by atoms with Crippen molar-refractivity contribution >= 4 is 32.3 Å². The van der Waals surface area contributed by atoms with E-state index in [2.05, 4.69) is 5.32 Å². The van der Waals surface area contributed by atoms with Crippen LogP contribution >= 0.6 is 11.3 Å². The Kier molecular flexibility index (Phi) is 4.42. The van der Waals surface area contributed by atoms with Crippen LogP contribution in [0.1, 0.15) is 18.4 Å². The van der Waals surface area contributed by atoms with Crippen molar-refractivity contribution in [1.29, 1.82) is 5.26 Å². The van der Waals surface area contributed by atoms with Gasteiger partial charge >= 0.3 is 0 Å². The summed E-state index contributed by atoms with van der Waals surface area (Å²) in [6, 6.07) is 3.65. The normalized spacial score (nSPS) is 20.3. The van der Waals surface area contributed by atoms with Crippen LogP contribution in [0.15, 0.2) is 11.4 Å². The number of amides is 1. The van der Waals surface area contributed by atoms with E-state index < -0.39 is 10.0 Å². The van der Waals surface area contributed by atoms with Crippen molar-refractivity contribution in [2.24, 2.45) is 5.92 Å². The van der Waals surface area contributed by atoms with Gasteiger partial charge in [0.05, 0.1) is 17.7 Å². The zero-order chi connectivity index (χ0) is 14.8. The third-order valence-electron chi connectivity index (χ3n) is 3.25. The Balaban J connectivity index is 2.05. The smallest absolute Gasteiger partial charge is 0.229 e. The van der Waals surface area contributed by atoms with E-state index in [0.717, 1.165) is 6.26 Å². The number of carbonyl (C=O) groups excluding carboxylic acids is 1. The predicted molar refractivity (Wildman–Crippen MR) is 76.8 cm³/mol. The Labute approximate surface area is 122 Å². The zero-order valence-electron chi connectivity index (χ0n) is 11.0. The van der Waals surface area contributed by atoms with Gasteiger partial charge in [-0.05, 0) is 24.3 Å². The van der Waals surface area contributed by atoms with Gasteiger partial charge in [0.1, 0.15) is 11.1 Å². The number of nitriles is 1. The summed E-state index contributed by atoms with van der Waals surface area (Å²) in [5.41, 5.74) is 0.430. The van der Waals surface area contributed by atoms with E-state index in [1.807, 2.05) is 6.07 Å². The summed E-state index contributed by atoms with van der Waals surface area (Å²) in [7, 11) is -3.26. The van der Waals surface area contributed by atoms with Crippen LogP contribution in [0.3, 0.4) is 0 Å². The molecule has 0 saturated carbocycles. The molecule has 1 aliphatic heterocycles. The number of hydrogen-bond donors (Lipinski definition) is 1. The van der Waals surface area contributed by atoms with Gasteiger partial charge in [-0.3, -0.25) is 4.79 Å². The van der Waals surface area contributed by atoms with Crippen LogP contribution in [0.4, 0.5) is 5.00 Å². The van der Waals surface area contributed by atoms with Gasteiger partial charge < -0.3 is 5.32 Å². The van der Waals surface area contributed by atoms with Crippen LogP contribution in [0, 0.1) is 17.2 Å². The Morgan fingerprint density at radius 1 is 1.60 bits per heavy atom. The van der Waals surface area contributed by atoms with Crippen molar-refractivity contribution in [3.05, 3.63) is 17.0 Å². The Morgan fingerprint density at radius 2 is 2.35 bits per heavy atom. The van der Waals surface area contributed by atoms with Crippen LogP contribution in [0.5, 0.6) is 0 Å². The van der Waals surface area contributed by atoms with E-state index in [1.165, 1.54) is 15.6 Å². The number of thiophene rings is 1. The van der Waals surface area contributed by atoms with Gasteiger partial charge in [0.2, 0.25) is 15.9 Å². The quantitative estimate of drug-likeness (QED) is 0.908. The summed E-state index contributed by atoms with van der Waals surface area (Å²) in [5, 5.41) is 13.9. The molecule has 2 rings (SSSR count). The third-order valence-corrected chi connectivity index (χ3v) is 5.35. The van der Waals surface area contributed by atoms with Gasteiger partial charge in [-0.25, -0.2) is 12.7 Å². The minimum absolute atomic E-state index is 0.206. The summed E-state index contributed by atoms with van der Waals surface area (Å²) in [6.07, 6.45) is 2.48. The first-order chi connectivity index (χ1) is 9.41. The van der Waals surface area contributed by atoms with Gasteiger partial charge in [-0.15, -0.1) is 11.3 Å². The third kappa shape index (κ3) is 3.36. The standard InChI is InChI=1S/C12H15N3O3S2/c1-20(17,18)15-5-2-3-10(8-15)11(16)14-12-9(7-13)4-6-19-12/h4,6,10H,2-3,5,8H2,1H3,(H,14,16)/t10-/m1/s1. The average Bonchev–Trinajstić information content (AvgIpc) is 2.85. The molecule has 1 aliphatic rings. The second-order valence-corrected chi connectivity index (χ2v) is 7.62. The fourth-order valence-corrected chi connectivity index (χ4v) is 3.82. The van der Waals surface area contributed by atoms with E-state index in [1.54, 1.807) is 11.4 Å². The zero-order valence-corrected chi connectivity index (χ0v) is 12.6. The number of sulfonamides is 1. The summed E-state index contributed by atoms with van der Waals surface area (Å²) < 4.78 is 24.4. The second-order valence-electron chi connectivity index (χ2n) is 4.72. The molecule has 6 nitrogen and oxygen atoms in total. The minimum atomic E-state index is -3.26. The molecule has 0 aromatic carbocycles. The summed E-state index contributed by atoms with van der Waals surface area (Å²) in [4.78, 5) is 12.2. The first-order valence-corrected chi connectivity index (χ1v) is 8.88. The molecule has 0 aliphatic carbocycles. The number of anilines is 1. The molecule has 1 amide bonds. The average molecular weight is 313 g/mol. The molecular formula is C12H15N3O3S2. The number of nitrogens with zero attached hydrogens (tertiary/aromatic N) is 2. The predicted octanol–water partition coefficient (Wildman–Crippen LogP) is 1.23. The maximum absolute atomic E-state index is 12.2. The van der Waals surface area contributed by atoms with Crippen LogP contribution in [0.2, 0.25) is 0 Å². The van der Waals surface area contributed by atoms with Gasteiger partial charge in [0.15, 0.2) is 0 Å². The molecule has 0 bridgehead atoms. The minimum Gasteiger partial charge on any atom is -0.316 e.